The molecule has 1 saturated heterocycles. The van der Waals surface area contributed by atoms with E-state index in [-0.39, 0.29) is 0 Å². The van der Waals surface area contributed by atoms with Crippen molar-refractivity contribution in [2.24, 2.45) is 17.3 Å². The number of hydrogen-bond acceptors (Lipinski definition) is 3. The number of rotatable bonds is 3. The first-order valence-electron chi connectivity index (χ1n) is 7.58. The summed E-state index contributed by atoms with van der Waals surface area (Å²) in [6, 6.07) is 5.56. The van der Waals surface area contributed by atoms with Crippen molar-refractivity contribution < 1.29 is 13.3 Å². The average molecular weight is 304 g/mol. The van der Waals surface area contributed by atoms with Gasteiger partial charge in [0.2, 0.25) is 0 Å². The maximum Gasteiger partial charge on any atom is 0.159 e. The van der Waals surface area contributed by atoms with Gasteiger partial charge in [0.1, 0.15) is 5.69 Å². The monoisotopic (exact) mass is 304 g/mol. The van der Waals surface area contributed by atoms with E-state index >= 15 is 0 Å². The Morgan fingerprint density at radius 1 is 1.18 bits per heavy atom. The summed E-state index contributed by atoms with van der Waals surface area (Å²) < 4.78 is 31.6. The number of nitrogens with zero attached hydrogens (tertiary/aromatic N) is 2. The van der Waals surface area contributed by atoms with E-state index in [0.717, 1.165) is 49.4 Å². The summed E-state index contributed by atoms with van der Waals surface area (Å²) in [5, 5.41) is 3.97. The minimum atomic E-state index is -0.871. The van der Waals surface area contributed by atoms with Gasteiger partial charge in [0.25, 0.3) is 0 Å². The van der Waals surface area contributed by atoms with Crippen LogP contribution in [0.15, 0.2) is 28.8 Å². The third-order valence-electron chi connectivity index (χ3n) is 5.35. The van der Waals surface area contributed by atoms with Crippen LogP contribution in [-0.4, -0.2) is 23.1 Å². The average Bonchev–Trinajstić information content (AvgIpc) is 2.92. The molecule has 116 valence electrons. The Kier molecular flexibility index (Phi) is 2.92. The van der Waals surface area contributed by atoms with Gasteiger partial charge in [0.15, 0.2) is 17.4 Å². The zero-order chi connectivity index (χ0) is 15.5. The van der Waals surface area contributed by atoms with Gasteiger partial charge < -0.3 is 4.52 Å². The fourth-order valence-corrected chi connectivity index (χ4v) is 3.74. The Morgan fingerprint density at radius 2 is 1.91 bits per heavy atom. The fourth-order valence-electron chi connectivity index (χ4n) is 3.74. The van der Waals surface area contributed by atoms with E-state index in [9.17, 15) is 8.78 Å². The zero-order valence-electron chi connectivity index (χ0n) is 12.6. The van der Waals surface area contributed by atoms with E-state index in [1.54, 1.807) is 0 Å². The number of benzene rings is 1. The first kappa shape index (κ1) is 13.9. The van der Waals surface area contributed by atoms with Crippen molar-refractivity contribution in [2.75, 3.05) is 13.1 Å². The second kappa shape index (κ2) is 4.62. The first-order valence-corrected chi connectivity index (χ1v) is 7.58. The molecule has 2 heterocycles. The maximum atomic E-state index is 13.3. The van der Waals surface area contributed by atoms with Gasteiger partial charge in [-0.15, -0.1) is 0 Å². The predicted octanol–water partition coefficient (Wildman–Crippen LogP) is 3.71. The van der Waals surface area contributed by atoms with Gasteiger partial charge in [0, 0.05) is 24.7 Å². The standard InChI is InChI=1S/C17H18F2N2O/c1-17(2)12-8-21(9-13(12)17)7-11-6-16(20-22-11)10-3-4-14(18)15(19)5-10/h3-6,12-13H,7-9H2,1-2H3. The summed E-state index contributed by atoms with van der Waals surface area (Å²) in [7, 11) is 0. The minimum Gasteiger partial charge on any atom is -0.359 e. The molecule has 0 N–H and O–H groups in total. The van der Waals surface area contributed by atoms with Crippen LogP contribution in [-0.2, 0) is 6.54 Å². The SMILES string of the molecule is CC1(C)C2CN(Cc3cc(-c4ccc(F)c(F)c4)no3)CC21. The summed E-state index contributed by atoms with van der Waals surface area (Å²) in [5.74, 6) is 0.622. The summed E-state index contributed by atoms with van der Waals surface area (Å²) in [4.78, 5) is 2.37. The quantitative estimate of drug-likeness (QED) is 0.865. The molecule has 1 aliphatic heterocycles. The molecule has 0 amide bonds. The molecule has 1 aromatic carbocycles. The van der Waals surface area contributed by atoms with E-state index in [4.69, 9.17) is 4.52 Å². The molecule has 3 nitrogen and oxygen atoms in total. The van der Waals surface area contributed by atoms with Crippen molar-refractivity contribution in [1.29, 1.82) is 0 Å². The Bertz CT molecular complexity index is 711. The van der Waals surface area contributed by atoms with Gasteiger partial charge in [0.05, 0.1) is 6.54 Å². The summed E-state index contributed by atoms with van der Waals surface area (Å²) in [6.45, 7) is 7.57. The molecule has 0 spiro atoms. The second-order valence-corrected chi connectivity index (χ2v) is 7.04. The highest BCUT2D eigenvalue weighted by Crippen LogP contribution is 2.62. The molecule has 2 aliphatic rings. The summed E-state index contributed by atoms with van der Waals surface area (Å²) in [6.07, 6.45) is 0. The highest BCUT2D eigenvalue weighted by atomic mass is 19.2. The second-order valence-electron chi connectivity index (χ2n) is 7.04. The van der Waals surface area contributed by atoms with E-state index in [1.807, 2.05) is 6.07 Å². The van der Waals surface area contributed by atoms with E-state index in [1.165, 1.54) is 6.07 Å². The van der Waals surface area contributed by atoms with Gasteiger partial charge in [-0.05, 0) is 35.4 Å². The Balaban J connectivity index is 1.45. The van der Waals surface area contributed by atoms with Crippen molar-refractivity contribution in [2.45, 2.75) is 20.4 Å². The number of likely N-dealkylation sites (tertiary alicyclic amines) is 1. The van der Waals surface area contributed by atoms with Crippen LogP contribution in [0.25, 0.3) is 11.3 Å². The molecule has 4 rings (SSSR count). The molecular formula is C17H18F2N2O. The normalized spacial score (nSPS) is 26.2. The smallest absolute Gasteiger partial charge is 0.159 e. The molecule has 2 unspecified atom stereocenters. The lowest BCUT2D eigenvalue weighted by Gasteiger charge is -2.19. The van der Waals surface area contributed by atoms with Crippen LogP contribution in [0.4, 0.5) is 8.78 Å². The molecule has 5 heteroatoms. The van der Waals surface area contributed by atoms with Gasteiger partial charge in [-0.3, -0.25) is 4.90 Å². The van der Waals surface area contributed by atoms with E-state index in [2.05, 4.69) is 23.9 Å². The van der Waals surface area contributed by atoms with Crippen LogP contribution in [0.3, 0.4) is 0 Å². The van der Waals surface area contributed by atoms with E-state index < -0.39 is 11.6 Å². The minimum absolute atomic E-state index is 0.495. The number of aromatic nitrogens is 1. The molecule has 1 aromatic heterocycles. The van der Waals surface area contributed by atoms with Crippen LogP contribution >= 0.6 is 0 Å². The van der Waals surface area contributed by atoms with Crippen molar-refractivity contribution in [3.63, 3.8) is 0 Å². The van der Waals surface area contributed by atoms with Crippen molar-refractivity contribution in [3.05, 3.63) is 41.7 Å². The number of hydrogen-bond donors (Lipinski definition) is 0. The Morgan fingerprint density at radius 3 is 2.59 bits per heavy atom. The fraction of sp³-hybridized carbons (Fsp3) is 0.471. The van der Waals surface area contributed by atoms with Gasteiger partial charge >= 0.3 is 0 Å². The molecule has 0 radical (unpaired) electrons. The van der Waals surface area contributed by atoms with Gasteiger partial charge in [-0.25, -0.2) is 8.78 Å². The lowest BCUT2D eigenvalue weighted by molar-refractivity contribution is 0.223. The number of halogens is 2. The van der Waals surface area contributed by atoms with Crippen LogP contribution in [0.2, 0.25) is 0 Å². The molecular weight excluding hydrogens is 286 g/mol. The largest absolute Gasteiger partial charge is 0.359 e. The lowest BCUT2D eigenvalue weighted by Crippen LogP contribution is -2.25. The van der Waals surface area contributed by atoms with Crippen molar-refractivity contribution >= 4 is 0 Å². The van der Waals surface area contributed by atoms with Crippen LogP contribution < -0.4 is 0 Å². The Labute approximate surface area is 127 Å². The van der Waals surface area contributed by atoms with Crippen molar-refractivity contribution in [3.8, 4) is 11.3 Å². The van der Waals surface area contributed by atoms with Crippen LogP contribution in [0, 0.1) is 28.9 Å². The molecule has 2 aromatic rings. The van der Waals surface area contributed by atoms with E-state index in [0.29, 0.717) is 16.7 Å². The molecule has 2 fully saturated rings. The molecule has 1 aliphatic carbocycles. The maximum absolute atomic E-state index is 13.3. The molecule has 2 atom stereocenters. The van der Waals surface area contributed by atoms with Crippen LogP contribution in [0.1, 0.15) is 19.6 Å². The summed E-state index contributed by atoms with van der Waals surface area (Å²) in [5.41, 5.74) is 1.56. The molecule has 0 bridgehead atoms. The Hall–Kier alpha value is -1.75. The molecule has 1 saturated carbocycles. The lowest BCUT2D eigenvalue weighted by atomic mass is 10.1. The zero-order valence-corrected chi connectivity index (χ0v) is 12.6. The third kappa shape index (κ3) is 2.15. The highest BCUT2D eigenvalue weighted by Gasteiger charge is 2.61. The first-order chi connectivity index (χ1) is 10.4. The molecule has 22 heavy (non-hydrogen) atoms. The number of fused-ring (bicyclic) bond motifs is 1. The van der Waals surface area contributed by atoms with Gasteiger partial charge in [-0.1, -0.05) is 19.0 Å². The predicted molar refractivity (Wildman–Crippen MR) is 77.9 cm³/mol. The van der Waals surface area contributed by atoms with Gasteiger partial charge in [-0.2, -0.15) is 0 Å². The third-order valence-corrected chi connectivity index (χ3v) is 5.35. The highest BCUT2D eigenvalue weighted by molar-refractivity contribution is 5.58. The summed E-state index contributed by atoms with van der Waals surface area (Å²) >= 11 is 0. The topological polar surface area (TPSA) is 29.3 Å². The van der Waals surface area contributed by atoms with Crippen LogP contribution in [0.5, 0.6) is 0 Å². The number of piperidine rings is 1. The van der Waals surface area contributed by atoms with Crippen molar-refractivity contribution in [1.82, 2.24) is 10.1 Å².